The topological polar surface area (TPSA) is 23.8 Å². The predicted molar refractivity (Wildman–Crippen MR) is 38.9 cm³/mol. The van der Waals surface area contributed by atoms with Gasteiger partial charge in [0.1, 0.15) is 0 Å². The van der Waals surface area contributed by atoms with Crippen LogP contribution in [0.25, 0.3) is 0 Å². The van der Waals surface area contributed by atoms with E-state index in [1.165, 1.54) is 12.8 Å². The van der Waals surface area contributed by atoms with Gasteiger partial charge in [0.25, 0.3) is 0 Å². The molecule has 0 aromatic carbocycles. The number of hydrogen-bond acceptors (Lipinski definition) is 1. The van der Waals surface area contributed by atoms with Crippen LogP contribution in [0.5, 0.6) is 0 Å². The van der Waals surface area contributed by atoms with Crippen LogP contribution < -0.4 is 0 Å². The number of nitriles is 1. The third-order valence-corrected chi connectivity index (χ3v) is 1.18. The van der Waals surface area contributed by atoms with Crippen molar-refractivity contribution >= 4 is 0 Å². The van der Waals surface area contributed by atoms with Gasteiger partial charge in [-0.3, -0.25) is 0 Å². The summed E-state index contributed by atoms with van der Waals surface area (Å²) in [6.45, 7) is 3.99. The highest BCUT2D eigenvalue weighted by molar-refractivity contribution is 5.16. The van der Waals surface area contributed by atoms with Gasteiger partial charge >= 0.3 is 0 Å². The molecule has 0 radical (unpaired) electrons. The molecule has 0 spiro atoms. The van der Waals surface area contributed by atoms with Gasteiger partial charge < -0.3 is 0 Å². The zero-order valence-corrected chi connectivity index (χ0v) is 6.15. The van der Waals surface area contributed by atoms with E-state index < -0.39 is 0 Å². The highest BCUT2D eigenvalue weighted by Gasteiger charge is 1.82. The van der Waals surface area contributed by atoms with Crippen molar-refractivity contribution in [3.05, 3.63) is 11.6 Å². The lowest BCUT2D eigenvalue weighted by Gasteiger charge is -1.87. The Morgan fingerprint density at radius 3 is 2.78 bits per heavy atom. The van der Waals surface area contributed by atoms with Crippen LogP contribution >= 0.6 is 0 Å². The first kappa shape index (κ1) is 8.23. The average Bonchev–Trinajstić information content (AvgIpc) is 1.89. The molecule has 0 aliphatic heterocycles. The van der Waals surface area contributed by atoms with Gasteiger partial charge in [-0.15, -0.1) is 0 Å². The third kappa shape index (κ3) is 5.10. The lowest BCUT2D eigenvalue weighted by Crippen LogP contribution is -1.70. The van der Waals surface area contributed by atoms with Crippen molar-refractivity contribution < 1.29 is 0 Å². The van der Waals surface area contributed by atoms with Crippen molar-refractivity contribution in [3.63, 3.8) is 0 Å². The fourth-order valence-corrected chi connectivity index (χ4v) is 0.568. The van der Waals surface area contributed by atoms with Crippen molar-refractivity contribution in [2.75, 3.05) is 0 Å². The Bertz CT molecular complexity index is 128. The Hall–Kier alpha value is -0.770. The maximum absolute atomic E-state index is 8.32. The van der Waals surface area contributed by atoms with Crippen LogP contribution in [-0.2, 0) is 0 Å². The van der Waals surface area contributed by atoms with Crippen molar-refractivity contribution in [2.45, 2.75) is 33.1 Å². The van der Waals surface area contributed by atoms with Crippen molar-refractivity contribution in [1.29, 1.82) is 5.26 Å². The monoisotopic (exact) mass is 123 g/mol. The summed E-state index contributed by atoms with van der Waals surface area (Å²) in [6.07, 6.45) is 5.44. The normalized spacial score (nSPS) is 11.0. The van der Waals surface area contributed by atoms with E-state index in [9.17, 15) is 0 Å². The molecule has 1 heteroatoms. The van der Waals surface area contributed by atoms with E-state index in [1.54, 1.807) is 0 Å². The fraction of sp³-hybridized carbons (Fsp3) is 0.625. The highest BCUT2D eigenvalue weighted by Crippen LogP contribution is 1.98. The van der Waals surface area contributed by atoms with Gasteiger partial charge in [-0.25, -0.2) is 0 Å². The van der Waals surface area contributed by atoms with E-state index in [0.29, 0.717) is 0 Å². The van der Waals surface area contributed by atoms with Gasteiger partial charge in [-0.1, -0.05) is 25.8 Å². The Kier molecular flexibility index (Phi) is 4.91. The van der Waals surface area contributed by atoms with E-state index in [4.69, 9.17) is 5.26 Å². The molecular weight excluding hydrogens is 110 g/mol. The van der Waals surface area contributed by atoms with Crippen LogP contribution in [0.1, 0.15) is 33.1 Å². The Labute approximate surface area is 57.0 Å². The van der Waals surface area contributed by atoms with Crippen LogP contribution in [0.4, 0.5) is 0 Å². The van der Waals surface area contributed by atoms with Crippen LogP contribution in [0.2, 0.25) is 0 Å². The lowest BCUT2D eigenvalue weighted by atomic mass is 10.2. The number of hydrogen-bond donors (Lipinski definition) is 0. The zero-order chi connectivity index (χ0) is 7.11. The second kappa shape index (κ2) is 5.37. The molecule has 0 unspecified atom stereocenters. The minimum absolute atomic E-state index is 0.837. The summed E-state index contributed by atoms with van der Waals surface area (Å²) in [4.78, 5) is 0. The SMILES string of the molecule is CCCCC=C(C)C#N. The van der Waals surface area contributed by atoms with Crippen LogP contribution in [-0.4, -0.2) is 0 Å². The van der Waals surface area contributed by atoms with E-state index in [2.05, 4.69) is 13.0 Å². The molecule has 0 saturated heterocycles. The summed E-state index contributed by atoms with van der Waals surface area (Å²) >= 11 is 0. The smallest absolute Gasteiger partial charge is 0.0940 e. The summed E-state index contributed by atoms with van der Waals surface area (Å²) in [5.74, 6) is 0. The standard InChI is InChI=1S/C8H13N/c1-3-4-5-6-8(2)7-9/h6H,3-5H2,1-2H3. The molecule has 0 amide bonds. The summed E-state index contributed by atoms with van der Waals surface area (Å²) in [5.41, 5.74) is 0.837. The van der Waals surface area contributed by atoms with Crippen LogP contribution in [0, 0.1) is 11.3 Å². The summed E-state index contributed by atoms with van der Waals surface area (Å²) in [5, 5.41) is 8.32. The Balaban J connectivity index is 3.35. The van der Waals surface area contributed by atoms with Gasteiger partial charge in [0.05, 0.1) is 6.07 Å². The number of rotatable bonds is 3. The predicted octanol–water partition coefficient (Wildman–Crippen LogP) is 2.65. The Morgan fingerprint density at radius 1 is 1.67 bits per heavy atom. The summed E-state index contributed by atoms with van der Waals surface area (Å²) in [7, 11) is 0. The van der Waals surface area contributed by atoms with E-state index in [0.717, 1.165) is 12.0 Å². The molecule has 50 valence electrons. The first-order valence-electron chi connectivity index (χ1n) is 3.38. The molecule has 9 heavy (non-hydrogen) atoms. The molecule has 0 N–H and O–H groups in total. The molecule has 1 nitrogen and oxygen atoms in total. The molecule has 0 aromatic heterocycles. The fourth-order valence-electron chi connectivity index (χ4n) is 0.568. The maximum Gasteiger partial charge on any atom is 0.0940 e. The van der Waals surface area contributed by atoms with E-state index in [1.807, 2.05) is 13.0 Å². The van der Waals surface area contributed by atoms with E-state index >= 15 is 0 Å². The highest BCUT2D eigenvalue weighted by atomic mass is 14.2. The van der Waals surface area contributed by atoms with Crippen molar-refractivity contribution in [3.8, 4) is 6.07 Å². The molecule has 0 bridgehead atoms. The quantitative estimate of drug-likeness (QED) is 0.418. The van der Waals surface area contributed by atoms with Gasteiger partial charge in [0.15, 0.2) is 0 Å². The Morgan fingerprint density at radius 2 is 2.33 bits per heavy atom. The summed E-state index contributed by atoms with van der Waals surface area (Å²) < 4.78 is 0. The first-order valence-corrected chi connectivity index (χ1v) is 3.38. The third-order valence-electron chi connectivity index (χ3n) is 1.18. The maximum atomic E-state index is 8.32. The largest absolute Gasteiger partial charge is 0.193 e. The molecule has 0 fully saturated rings. The average molecular weight is 123 g/mol. The van der Waals surface area contributed by atoms with Crippen LogP contribution in [0.15, 0.2) is 11.6 Å². The molecular formula is C8H13N. The van der Waals surface area contributed by atoms with Gasteiger partial charge in [0, 0.05) is 5.57 Å². The van der Waals surface area contributed by atoms with Gasteiger partial charge in [-0.05, 0) is 13.3 Å². The first-order chi connectivity index (χ1) is 4.31. The second-order valence-electron chi connectivity index (χ2n) is 2.14. The molecule has 0 aromatic rings. The number of nitrogens with zero attached hydrogens (tertiary/aromatic N) is 1. The van der Waals surface area contributed by atoms with E-state index in [-0.39, 0.29) is 0 Å². The lowest BCUT2D eigenvalue weighted by molar-refractivity contribution is 0.812. The molecule has 0 aliphatic rings. The van der Waals surface area contributed by atoms with Gasteiger partial charge in [0.2, 0.25) is 0 Å². The molecule has 0 rings (SSSR count). The minimum Gasteiger partial charge on any atom is -0.193 e. The van der Waals surface area contributed by atoms with Gasteiger partial charge in [-0.2, -0.15) is 5.26 Å². The summed E-state index contributed by atoms with van der Waals surface area (Å²) in [6, 6.07) is 2.08. The van der Waals surface area contributed by atoms with Crippen molar-refractivity contribution in [2.24, 2.45) is 0 Å². The molecule has 0 atom stereocenters. The minimum atomic E-state index is 0.837. The molecule has 0 saturated carbocycles. The molecule has 0 aliphatic carbocycles. The number of unbranched alkanes of at least 4 members (excludes halogenated alkanes) is 2. The van der Waals surface area contributed by atoms with Crippen LogP contribution in [0.3, 0.4) is 0 Å². The van der Waals surface area contributed by atoms with Crippen molar-refractivity contribution in [1.82, 2.24) is 0 Å². The second-order valence-corrected chi connectivity index (χ2v) is 2.14. The number of allylic oxidation sites excluding steroid dienone is 2. The zero-order valence-electron chi connectivity index (χ0n) is 6.15. The molecule has 0 heterocycles.